The van der Waals surface area contributed by atoms with Crippen LogP contribution in [0.15, 0.2) is 36.5 Å². The van der Waals surface area contributed by atoms with Gasteiger partial charge in [0.05, 0.1) is 40.9 Å². The zero-order valence-corrected chi connectivity index (χ0v) is 15.9. The SMILES string of the molecule is N#CCc1ccnc(-c2ccc(C(=O)N[C@@H]3C[C@@H]4CC[C@H]3N4C#N)c(Cl)c2)c1. The number of hydrogen-bond donors (Lipinski definition) is 1. The Hall–Kier alpha value is -3.09. The van der Waals surface area contributed by atoms with Crippen LogP contribution in [0.25, 0.3) is 11.3 Å². The number of hydrogen-bond acceptors (Lipinski definition) is 5. The first-order chi connectivity index (χ1) is 13.6. The predicted octanol–water partition coefficient (Wildman–Crippen LogP) is 3.28. The fourth-order valence-electron chi connectivity index (χ4n) is 4.24. The zero-order valence-electron chi connectivity index (χ0n) is 15.1. The molecule has 0 spiro atoms. The van der Waals surface area contributed by atoms with Crippen molar-refractivity contribution < 1.29 is 4.79 Å². The Morgan fingerprint density at radius 2 is 2.14 bits per heavy atom. The van der Waals surface area contributed by atoms with Crippen molar-refractivity contribution in [3.63, 3.8) is 0 Å². The van der Waals surface area contributed by atoms with Crippen molar-refractivity contribution >= 4 is 17.5 Å². The summed E-state index contributed by atoms with van der Waals surface area (Å²) >= 11 is 6.39. The smallest absolute Gasteiger partial charge is 0.253 e. The van der Waals surface area contributed by atoms with Crippen LogP contribution in [0.5, 0.6) is 0 Å². The number of nitrogens with one attached hydrogen (secondary N) is 1. The van der Waals surface area contributed by atoms with Crippen molar-refractivity contribution in [2.75, 3.05) is 0 Å². The van der Waals surface area contributed by atoms with Crippen LogP contribution in [0.1, 0.15) is 35.2 Å². The first-order valence-electron chi connectivity index (χ1n) is 9.21. The maximum absolute atomic E-state index is 12.7. The Balaban J connectivity index is 1.51. The molecular weight excluding hydrogens is 374 g/mol. The quantitative estimate of drug-likeness (QED) is 0.807. The molecule has 1 aromatic heterocycles. The lowest BCUT2D eigenvalue weighted by Gasteiger charge is -2.22. The van der Waals surface area contributed by atoms with Crippen LogP contribution < -0.4 is 5.32 Å². The molecule has 2 fully saturated rings. The van der Waals surface area contributed by atoms with Crippen LogP contribution in [-0.4, -0.2) is 33.9 Å². The molecule has 0 radical (unpaired) electrons. The van der Waals surface area contributed by atoms with Crippen LogP contribution >= 0.6 is 11.6 Å². The molecule has 2 aliphatic heterocycles. The molecular formula is C21H18ClN5O. The van der Waals surface area contributed by atoms with E-state index in [9.17, 15) is 10.1 Å². The van der Waals surface area contributed by atoms with Crippen molar-refractivity contribution in [3.05, 3.63) is 52.7 Å². The van der Waals surface area contributed by atoms with Crippen molar-refractivity contribution in [3.8, 4) is 23.5 Å². The lowest BCUT2D eigenvalue weighted by atomic mass is 9.95. The Morgan fingerprint density at radius 3 is 2.86 bits per heavy atom. The van der Waals surface area contributed by atoms with Gasteiger partial charge >= 0.3 is 0 Å². The first-order valence-corrected chi connectivity index (χ1v) is 9.59. The van der Waals surface area contributed by atoms with Crippen LogP contribution in [0.3, 0.4) is 0 Å². The summed E-state index contributed by atoms with van der Waals surface area (Å²) in [6.07, 6.45) is 6.96. The third kappa shape index (κ3) is 3.28. The Bertz CT molecular complexity index is 1010. The van der Waals surface area contributed by atoms with Crippen molar-refractivity contribution in [2.45, 2.75) is 43.8 Å². The molecule has 2 saturated heterocycles. The fraction of sp³-hybridized carbons (Fsp3) is 0.333. The van der Waals surface area contributed by atoms with E-state index in [1.807, 2.05) is 17.0 Å². The summed E-state index contributed by atoms with van der Waals surface area (Å²) in [4.78, 5) is 18.9. The summed E-state index contributed by atoms with van der Waals surface area (Å²) in [5.74, 6) is -0.224. The number of nitriles is 2. The van der Waals surface area contributed by atoms with Gasteiger partial charge in [0.25, 0.3) is 5.91 Å². The number of aromatic nitrogens is 1. The first kappa shape index (κ1) is 18.3. The summed E-state index contributed by atoms with van der Waals surface area (Å²) in [6, 6.07) is 11.3. The summed E-state index contributed by atoms with van der Waals surface area (Å²) in [7, 11) is 0. The molecule has 4 rings (SSSR count). The van der Waals surface area contributed by atoms with E-state index in [-0.39, 0.29) is 24.0 Å². The number of pyridine rings is 1. The maximum atomic E-state index is 12.7. The van der Waals surface area contributed by atoms with Crippen molar-refractivity contribution in [1.82, 2.24) is 15.2 Å². The number of benzene rings is 1. The molecule has 6 nitrogen and oxygen atoms in total. The highest BCUT2D eigenvalue weighted by Gasteiger charge is 2.46. The molecule has 140 valence electrons. The number of carbonyl (C=O) groups is 1. The summed E-state index contributed by atoms with van der Waals surface area (Å²) < 4.78 is 0. The molecule has 0 saturated carbocycles. The molecule has 7 heteroatoms. The number of carbonyl (C=O) groups excluding carboxylic acids is 1. The molecule has 3 atom stereocenters. The van der Waals surface area contributed by atoms with Gasteiger partial charge in [0.2, 0.25) is 0 Å². The van der Waals surface area contributed by atoms with E-state index in [1.54, 1.807) is 24.4 Å². The third-order valence-corrected chi connectivity index (χ3v) is 5.90. The van der Waals surface area contributed by atoms with Gasteiger partial charge in [0.15, 0.2) is 6.19 Å². The van der Waals surface area contributed by atoms with Gasteiger partial charge in [-0.25, -0.2) is 0 Å². The topological polar surface area (TPSA) is 92.8 Å². The Kier molecular flexibility index (Phi) is 4.90. The van der Waals surface area contributed by atoms with Gasteiger partial charge in [-0.05, 0) is 49.1 Å². The molecule has 0 aliphatic carbocycles. The summed E-state index contributed by atoms with van der Waals surface area (Å²) in [5.41, 5.74) is 2.78. The van der Waals surface area contributed by atoms with Crippen LogP contribution in [0, 0.1) is 22.8 Å². The maximum Gasteiger partial charge on any atom is 0.253 e. The summed E-state index contributed by atoms with van der Waals surface area (Å²) in [6.45, 7) is 0. The van der Waals surface area contributed by atoms with Crippen LogP contribution in [-0.2, 0) is 6.42 Å². The predicted molar refractivity (Wildman–Crippen MR) is 104 cm³/mol. The average molecular weight is 392 g/mol. The minimum atomic E-state index is -0.224. The number of amides is 1. The second-order valence-electron chi connectivity index (χ2n) is 7.20. The van der Waals surface area contributed by atoms with Gasteiger partial charge in [-0.15, -0.1) is 0 Å². The number of nitrogens with zero attached hydrogens (tertiary/aromatic N) is 4. The Labute approximate surface area is 168 Å². The fourth-order valence-corrected chi connectivity index (χ4v) is 4.50. The van der Waals surface area contributed by atoms with E-state index in [0.717, 1.165) is 30.4 Å². The second-order valence-corrected chi connectivity index (χ2v) is 7.61. The standard InChI is InChI=1S/C21H18ClN5O/c22-17-10-14(18-9-13(5-7-23)6-8-25-18)1-3-16(17)21(28)26-19-11-15-2-4-20(19)27(15)12-24/h1,3,6,8-10,15,19-20H,2,4-5,11H2,(H,26,28)/t15-,19+,20+/m0/s1. The molecule has 1 N–H and O–H groups in total. The summed E-state index contributed by atoms with van der Waals surface area (Å²) in [5, 5.41) is 21.5. The normalized spacial score (nSPS) is 22.5. The van der Waals surface area contributed by atoms with Crippen LogP contribution in [0.4, 0.5) is 0 Å². The molecule has 2 aliphatic rings. The van der Waals surface area contributed by atoms with Gasteiger partial charge in [-0.2, -0.15) is 10.5 Å². The van der Waals surface area contributed by atoms with E-state index < -0.39 is 0 Å². The van der Waals surface area contributed by atoms with Gasteiger partial charge in [-0.3, -0.25) is 9.78 Å². The second kappa shape index (κ2) is 7.50. The molecule has 2 bridgehead atoms. The molecule has 0 unspecified atom stereocenters. The zero-order chi connectivity index (χ0) is 19.7. The lowest BCUT2D eigenvalue weighted by molar-refractivity contribution is 0.0928. The van der Waals surface area contributed by atoms with E-state index in [2.05, 4.69) is 22.6 Å². The highest BCUT2D eigenvalue weighted by atomic mass is 35.5. The average Bonchev–Trinajstić information content (AvgIpc) is 3.25. The Morgan fingerprint density at radius 1 is 1.29 bits per heavy atom. The molecule has 1 amide bonds. The van der Waals surface area contributed by atoms with Crippen molar-refractivity contribution in [2.24, 2.45) is 0 Å². The highest BCUT2D eigenvalue weighted by Crippen LogP contribution is 2.37. The lowest BCUT2D eigenvalue weighted by Crippen LogP contribution is -2.43. The molecule has 2 aromatic rings. The minimum absolute atomic E-state index is 0.0222. The molecule has 1 aromatic carbocycles. The van der Waals surface area contributed by atoms with E-state index in [4.69, 9.17) is 16.9 Å². The molecule has 3 heterocycles. The van der Waals surface area contributed by atoms with E-state index in [1.165, 1.54) is 0 Å². The highest BCUT2D eigenvalue weighted by molar-refractivity contribution is 6.34. The van der Waals surface area contributed by atoms with Gasteiger partial charge in [0, 0.05) is 17.8 Å². The number of halogens is 1. The monoisotopic (exact) mass is 391 g/mol. The molecule has 28 heavy (non-hydrogen) atoms. The number of fused-ring (bicyclic) bond motifs is 2. The van der Waals surface area contributed by atoms with Crippen LogP contribution in [0.2, 0.25) is 5.02 Å². The largest absolute Gasteiger partial charge is 0.347 e. The van der Waals surface area contributed by atoms with E-state index >= 15 is 0 Å². The van der Waals surface area contributed by atoms with Gasteiger partial charge in [-0.1, -0.05) is 17.7 Å². The van der Waals surface area contributed by atoms with E-state index in [0.29, 0.717) is 22.7 Å². The van der Waals surface area contributed by atoms with Gasteiger partial charge in [0.1, 0.15) is 0 Å². The minimum Gasteiger partial charge on any atom is -0.347 e. The number of rotatable bonds is 4. The third-order valence-electron chi connectivity index (χ3n) is 5.59. The van der Waals surface area contributed by atoms with Crippen molar-refractivity contribution in [1.29, 1.82) is 10.5 Å². The van der Waals surface area contributed by atoms with Gasteiger partial charge < -0.3 is 10.2 Å².